The second-order valence-electron chi connectivity index (χ2n) is 5.63. The van der Waals surface area contributed by atoms with Gasteiger partial charge in [-0.1, -0.05) is 42.5 Å². The van der Waals surface area contributed by atoms with Crippen molar-refractivity contribution in [2.45, 2.75) is 19.1 Å². The molecule has 0 fully saturated rings. The molecular formula is C18H21N3O5S. The predicted octanol–water partition coefficient (Wildman–Crippen LogP) is 1.82. The minimum absolute atomic E-state index is 0.103. The lowest BCUT2D eigenvalue weighted by Gasteiger charge is -2.17. The first kappa shape index (κ1) is 20.4. The van der Waals surface area contributed by atoms with Gasteiger partial charge in [0.25, 0.3) is 11.3 Å². The van der Waals surface area contributed by atoms with Crippen LogP contribution in [-0.4, -0.2) is 33.9 Å². The molecule has 0 radical (unpaired) electrons. The fourth-order valence-electron chi connectivity index (χ4n) is 2.34. The maximum atomic E-state index is 12.1. The number of anilines is 1. The van der Waals surface area contributed by atoms with E-state index in [2.05, 4.69) is 15.4 Å². The minimum Gasteiger partial charge on any atom is -0.445 e. The number of benzene rings is 2. The van der Waals surface area contributed by atoms with Crippen LogP contribution in [0, 0.1) is 0 Å². The van der Waals surface area contributed by atoms with E-state index in [9.17, 15) is 13.8 Å². The standard InChI is InChI=1S/C18H21N3O5S/c1-19-17(22)16(11-13-7-9-15(10-8-13)21-27(24)25)20-18(23)26-12-14-5-3-2-4-6-14/h2-10,16,21H,11-12H2,1H3,(H,19,22)(H,20,23)(H,24,25). The molecule has 0 saturated heterocycles. The van der Waals surface area contributed by atoms with E-state index in [4.69, 9.17) is 9.29 Å². The van der Waals surface area contributed by atoms with Crippen molar-refractivity contribution < 1.29 is 23.1 Å². The molecule has 0 aliphatic heterocycles. The molecule has 0 aliphatic rings. The van der Waals surface area contributed by atoms with E-state index >= 15 is 0 Å². The van der Waals surface area contributed by atoms with Crippen LogP contribution >= 0.6 is 0 Å². The van der Waals surface area contributed by atoms with Crippen molar-refractivity contribution in [2.75, 3.05) is 11.8 Å². The molecule has 2 atom stereocenters. The Hall–Kier alpha value is -2.91. The number of rotatable bonds is 8. The van der Waals surface area contributed by atoms with Crippen LogP contribution in [-0.2, 0) is 33.8 Å². The topological polar surface area (TPSA) is 117 Å². The summed E-state index contributed by atoms with van der Waals surface area (Å²) < 4.78 is 27.0. The van der Waals surface area contributed by atoms with Crippen molar-refractivity contribution in [3.05, 3.63) is 65.7 Å². The number of nitrogens with one attached hydrogen (secondary N) is 3. The smallest absolute Gasteiger partial charge is 0.408 e. The third-order valence-corrected chi connectivity index (χ3v) is 4.08. The summed E-state index contributed by atoms with van der Waals surface area (Å²) in [4.78, 5) is 24.1. The minimum atomic E-state index is -2.16. The molecule has 2 unspecified atom stereocenters. The second kappa shape index (κ2) is 10.3. The van der Waals surface area contributed by atoms with Crippen LogP contribution in [0.4, 0.5) is 10.5 Å². The van der Waals surface area contributed by atoms with Crippen LogP contribution in [0.3, 0.4) is 0 Å². The summed E-state index contributed by atoms with van der Waals surface area (Å²) in [6.45, 7) is 0.103. The second-order valence-corrected chi connectivity index (χ2v) is 6.33. The number of likely N-dealkylation sites (N-methyl/N-ethyl adjacent to an activating group) is 1. The Morgan fingerprint density at radius 1 is 1.07 bits per heavy atom. The van der Waals surface area contributed by atoms with Crippen LogP contribution in [0.15, 0.2) is 54.6 Å². The van der Waals surface area contributed by atoms with Crippen molar-refractivity contribution >= 4 is 29.0 Å². The molecule has 2 amide bonds. The molecule has 2 aromatic carbocycles. The van der Waals surface area contributed by atoms with Gasteiger partial charge < -0.3 is 15.4 Å². The van der Waals surface area contributed by atoms with Gasteiger partial charge in [0.05, 0.1) is 0 Å². The summed E-state index contributed by atoms with van der Waals surface area (Å²) in [6, 6.07) is 15.0. The number of carbonyl (C=O) groups is 2. The van der Waals surface area contributed by atoms with Crippen molar-refractivity contribution in [3.8, 4) is 0 Å². The number of ether oxygens (including phenoxy) is 1. The largest absolute Gasteiger partial charge is 0.445 e. The Kier molecular flexibility index (Phi) is 7.78. The summed E-state index contributed by atoms with van der Waals surface area (Å²) >= 11 is -2.16. The third kappa shape index (κ3) is 7.08. The normalized spacial score (nSPS) is 12.5. The molecule has 0 aliphatic carbocycles. The molecule has 8 nitrogen and oxygen atoms in total. The molecule has 27 heavy (non-hydrogen) atoms. The van der Waals surface area contributed by atoms with E-state index in [1.54, 1.807) is 24.3 Å². The molecule has 2 aromatic rings. The third-order valence-electron chi connectivity index (χ3n) is 3.67. The van der Waals surface area contributed by atoms with E-state index in [0.29, 0.717) is 5.69 Å². The highest BCUT2D eigenvalue weighted by Crippen LogP contribution is 2.12. The van der Waals surface area contributed by atoms with E-state index in [0.717, 1.165) is 11.1 Å². The van der Waals surface area contributed by atoms with Crippen LogP contribution in [0.25, 0.3) is 0 Å². The predicted molar refractivity (Wildman–Crippen MR) is 102 cm³/mol. The maximum Gasteiger partial charge on any atom is 0.408 e. The molecule has 144 valence electrons. The molecule has 2 rings (SSSR count). The van der Waals surface area contributed by atoms with Gasteiger partial charge in [-0.3, -0.25) is 14.1 Å². The quantitative estimate of drug-likeness (QED) is 0.512. The lowest BCUT2D eigenvalue weighted by atomic mass is 10.1. The fourth-order valence-corrected chi connectivity index (χ4v) is 2.67. The molecule has 0 bridgehead atoms. The van der Waals surface area contributed by atoms with Gasteiger partial charge in [0.1, 0.15) is 12.6 Å². The fraction of sp³-hybridized carbons (Fsp3) is 0.222. The van der Waals surface area contributed by atoms with Crippen LogP contribution in [0.2, 0.25) is 0 Å². The van der Waals surface area contributed by atoms with Crippen LogP contribution in [0.1, 0.15) is 11.1 Å². The number of carbonyl (C=O) groups excluding carboxylic acids is 2. The van der Waals surface area contributed by atoms with Crippen LogP contribution < -0.4 is 15.4 Å². The number of amides is 2. The number of alkyl carbamates (subject to hydrolysis) is 1. The van der Waals surface area contributed by atoms with Crippen molar-refractivity contribution in [2.24, 2.45) is 0 Å². The lowest BCUT2D eigenvalue weighted by Crippen LogP contribution is -2.47. The summed E-state index contributed by atoms with van der Waals surface area (Å²) in [7, 11) is 1.48. The Morgan fingerprint density at radius 3 is 2.33 bits per heavy atom. The van der Waals surface area contributed by atoms with E-state index in [1.807, 2.05) is 30.3 Å². The molecule has 0 spiro atoms. The summed E-state index contributed by atoms with van der Waals surface area (Å²) in [5.74, 6) is -0.356. The van der Waals surface area contributed by atoms with Gasteiger partial charge in [-0.2, -0.15) is 0 Å². The van der Waals surface area contributed by atoms with Crippen molar-refractivity contribution in [3.63, 3.8) is 0 Å². The number of hydrogen-bond donors (Lipinski definition) is 4. The van der Waals surface area contributed by atoms with Gasteiger partial charge in [0.2, 0.25) is 5.91 Å². The highest BCUT2D eigenvalue weighted by atomic mass is 32.2. The summed E-state index contributed by atoms with van der Waals surface area (Å²) in [5.41, 5.74) is 2.07. The Labute approximate surface area is 159 Å². The van der Waals surface area contributed by atoms with Gasteiger partial charge >= 0.3 is 6.09 Å². The zero-order valence-electron chi connectivity index (χ0n) is 14.7. The zero-order valence-corrected chi connectivity index (χ0v) is 15.5. The highest BCUT2D eigenvalue weighted by Gasteiger charge is 2.21. The number of hydrogen-bond acceptors (Lipinski definition) is 4. The van der Waals surface area contributed by atoms with Gasteiger partial charge in [-0.25, -0.2) is 9.00 Å². The maximum absolute atomic E-state index is 12.1. The first-order chi connectivity index (χ1) is 13.0. The van der Waals surface area contributed by atoms with Crippen molar-refractivity contribution in [1.29, 1.82) is 0 Å². The van der Waals surface area contributed by atoms with E-state index in [1.165, 1.54) is 7.05 Å². The Balaban J connectivity index is 1.95. The first-order valence-corrected chi connectivity index (χ1v) is 9.24. The van der Waals surface area contributed by atoms with Gasteiger partial charge in [0.15, 0.2) is 0 Å². The SMILES string of the molecule is CNC(=O)C(Cc1ccc(NS(=O)O)cc1)NC(=O)OCc1ccccc1. The lowest BCUT2D eigenvalue weighted by molar-refractivity contribution is -0.122. The van der Waals surface area contributed by atoms with Gasteiger partial charge in [0, 0.05) is 19.2 Å². The summed E-state index contributed by atoms with van der Waals surface area (Å²) in [5, 5.41) is 5.06. The first-order valence-electron chi connectivity index (χ1n) is 8.13. The van der Waals surface area contributed by atoms with Gasteiger partial charge in [-0.15, -0.1) is 0 Å². The van der Waals surface area contributed by atoms with E-state index in [-0.39, 0.29) is 18.9 Å². The Bertz CT molecular complexity index is 783. The molecule has 0 heterocycles. The monoisotopic (exact) mass is 391 g/mol. The van der Waals surface area contributed by atoms with Crippen molar-refractivity contribution in [1.82, 2.24) is 10.6 Å². The molecular weight excluding hydrogens is 370 g/mol. The van der Waals surface area contributed by atoms with Crippen LogP contribution in [0.5, 0.6) is 0 Å². The molecule has 0 aromatic heterocycles. The van der Waals surface area contributed by atoms with Gasteiger partial charge in [-0.05, 0) is 23.3 Å². The summed E-state index contributed by atoms with van der Waals surface area (Å²) in [6.07, 6.45) is -0.454. The average molecular weight is 391 g/mol. The van der Waals surface area contributed by atoms with E-state index < -0.39 is 23.4 Å². The molecule has 9 heteroatoms. The Morgan fingerprint density at radius 2 is 1.74 bits per heavy atom. The average Bonchev–Trinajstić information content (AvgIpc) is 2.67. The highest BCUT2D eigenvalue weighted by molar-refractivity contribution is 7.80. The zero-order chi connectivity index (χ0) is 19.6. The molecule has 4 N–H and O–H groups in total. The molecule has 0 saturated carbocycles.